The Hall–Kier alpha value is -2.15. The van der Waals surface area contributed by atoms with Crippen LogP contribution in [0.15, 0.2) is 21.9 Å². The summed E-state index contributed by atoms with van der Waals surface area (Å²) in [5, 5.41) is 6.17. The lowest BCUT2D eigenvalue weighted by Gasteiger charge is -2.43. The number of rotatable bonds is 4. The van der Waals surface area contributed by atoms with Gasteiger partial charge in [0.1, 0.15) is 5.76 Å². The Labute approximate surface area is 163 Å². The van der Waals surface area contributed by atoms with E-state index < -0.39 is 0 Å². The van der Waals surface area contributed by atoms with E-state index in [1.165, 1.54) is 0 Å². The number of carbonyl (C=O) groups is 2. The SMILES string of the molecule is Cc1ccc(C(=O)NC2CCC3(CCC(=O)N3Cc3csc(C)n3)CC2)o1. The lowest BCUT2D eigenvalue weighted by molar-refractivity contribution is -0.133. The number of likely N-dealkylation sites (tertiary alicyclic amines) is 1. The monoisotopic (exact) mass is 387 g/mol. The Kier molecular flexibility index (Phi) is 4.80. The minimum atomic E-state index is -0.152. The number of aryl methyl sites for hydroxylation is 2. The van der Waals surface area contributed by atoms with Crippen LogP contribution < -0.4 is 5.32 Å². The van der Waals surface area contributed by atoms with Gasteiger partial charge in [0.2, 0.25) is 5.91 Å². The van der Waals surface area contributed by atoms with Gasteiger partial charge in [-0.25, -0.2) is 4.98 Å². The average molecular weight is 388 g/mol. The van der Waals surface area contributed by atoms with E-state index in [1.54, 1.807) is 23.5 Å². The van der Waals surface area contributed by atoms with Crippen LogP contribution in [0.25, 0.3) is 0 Å². The number of hydrogen-bond acceptors (Lipinski definition) is 5. The zero-order chi connectivity index (χ0) is 19.0. The minimum absolute atomic E-state index is 0.0723. The molecule has 0 radical (unpaired) electrons. The second-order valence-corrected chi connectivity index (χ2v) is 8.78. The molecule has 1 aliphatic heterocycles. The van der Waals surface area contributed by atoms with E-state index in [0.29, 0.717) is 18.7 Å². The summed E-state index contributed by atoms with van der Waals surface area (Å²) in [7, 11) is 0. The molecule has 0 aromatic carbocycles. The topological polar surface area (TPSA) is 75.4 Å². The molecule has 7 heteroatoms. The van der Waals surface area contributed by atoms with E-state index in [4.69, 9.17) is 4.42 Å². The fourth-order valence-corrected chi connectivity index (χ4v) is 5.01. The zero-order valence-electron chi connectivity index (χ0n) is 15.8. The molecule has 1 aliphatic carbocycles. The first-order valence-electron chi connectivity index (χ1n) is 9.54. The van der Waals surface area contributed by atoms with Crippen LogP contribution >= 0.6 is 11.3 Å². The lowest BCUT2D eigenvalue weighted by atomic mass is 9.77. The maximum absolute atomic E-state index is 12.5. The second kappa shape index (κ2) is 7.11. The Bertz CT molecular complexity index is 848. The Morgan fingerprint density at radius 3 is 2.74 bits per heavy atom. The number of nitrogens with zero attached hydrogens (tertiary/aromatic N) is 2. The Morgan fingerprint density at radius 2 is 2.11 bits per heavy atom. The first-order valence-corrected chi connectivity index (χ1v) is 10.4. The van der Waals surface area contributed by atoms with Crippen molar-refractivity contribution in [3.8, 4) is 0 Å². The third kappa shape index (κ3) is 3.65. The van der Waals surface area contributed by atoms with E-state index in [0.717, 1.165) is 48.6 Å². The Morgan fingerprint density at radius 1 is 1.33 bits per heavy atom. The summed E-state index contributed by atoms with van der Waals surface area (Å²) < 4.78 is 5.41. The van der Waals surface area contributed by atoms with Gasteiger partial charge in [0.05, 0.1) is 17.2 Å². The number of hydrogen-bond donors (Lipinski definition) is 1. The smallest absolute Gasteiger partial charge is 0.287 e. The molecule has 4 rings (SSSR count). The van der Waals surface area contributed by atoms with E-state index in [2.05, 4.69) is 15.2 Å². The molecule has 1 saturated carbocycles. The number of thiazole rings is 1. The molecular formula is C20H25N3O3S. The number of amides is 2. The van der Waals surface area contributed by atoms with Crippen molar-refractivity contribution in [3.05, 3.63) is 39.7 Å². The van der Waals surface area contributed by atoms with Crippen molar-refractivity contribution in [2.24, 2.45) is 0 Å². The number of aromatic nitrogens is 1. The molecule has 0 atom stereocenters. The Balaban J connectivity index is 1.39. The van der Waals surface area contributed by atoms with Crippen LogP contribution in [0.2, 0.25) is 0 Å². The molecule has 2 aliphatic rings. The average Bonchev–Trinajstić information content (AvgIpc) is 3.34. The van der Waals surface area contributed by atoms with E-state index >= 15 is 0 Å². The molecule has 2 aromatic heterocycles. The first-order chi connectivity index (χ1) is 12.9. The predicted molar refractivity (Wildman–Crippen MR) is 103 cm³/mol. The van der Waals surface area contributed by atoms with Crippen molar-refractivity contribution in [2.75, 3.05) is 0 Å². The maximum Gasteiger partial charge on any atom is 0.287 e. The summed E-state index contributed by atoms with van der Waals surface area (Å²) >= 11 is 1.63. The van der Waals surface area contributed by atoms with Crippen LogP contribution in [0.1, 0.15) is 65.5 Å². The van der Waals surface area contributed by atoms with Crippen LogP contribution in [0.5, 0.6) is 0 Å². The second-order valence-electron chi connectivity index (χ2n) is 7.72. The summed E-state index contributed by atoms with van der Waals surface area (Å²) in [5.74, 6) is 1.18. The van der Waals surface area contributed by atoms with E-state index in [1.807, 2.05) is 19.2 Å². The van der Waals surface area contributed by atoms with E-state index in [9.17, 15) is 9.59 Å². The third-order valence-corrected chi connectivity index (χ3v) is 6.70. The molecule has 1 N–H and O–H groups in total. The van der Waals surface area contributed by atoms with Crippen LogP contribution in [0.3, 0.4) is 0 Å². The third-order valence-electron chi connectivity index (χ3n) is 5.88. The van der Waals surface area contributed by atoms with Gasteiger partial charge in [-0.05, 0) is 58.1 Å². The maximum atomic E-state index is 12.5. The van der Waals surface area contributed by atoms with Gasteiger partial charge in [-0.15, -0.1) is 11.3 Å². The number of furan rings is 1. The first kappa shape index (κ1) is 18.2. The van der Waals surface area contributed by atoms with Gasteiger partial charge >= 0.3 is 0 Å². The molecule has 0 bridgehead atoms. The van der Waals surface area contributed by atoms with Crippen LogP contribution in [-0.2, 0) is 11.3 Å². The van der Waals surface area contributed by atoms with Gasteiger partial charge in [0.15, 0.2) is 5.76 Å². The zero-order valence-corrected chi connectivity index (χ0v) is 16.6. The standard InChI is InChI=1S/C20H25N3O3S/c1-13-3-4-17(26-13)19(25)22-15-5-8-20(9-6-15)10-7-18(24)23(20)11-16-12-27-14(2)21-16/h3-4,12,15H,5-11H2,1-2H3,(H,22,25). The van der Waals surface area contributed by atoms with Crippen molar-refractivity contribution in [1.29, 1.82) is 0 Å². The molecule has 0 unspecified atom stereocenters. The molecule has 2 fully saturated rings. The molecule has 2 aromatic rings. The summed E-state index contributed by atoms with van der Waals surface area (Å²) in [6.07, 6.45) is 5.13. The molecule has 3 heterocycles. The van der Waals surface area contributed by atoms with Gasteiger partial charge in [-0.3, -0.25) is 9.59 Å². The minimum Gasteiger partial charge on any atom is -0.456 e. The van der Waals surface area contributed by atoms with Gasteiger partial charge in [0, 0.05) is 23.4 Å². The highest BCUT2D eigenvalue weighted by Gasteiger charge is 2.47. The van der Waals surface area contributed by atoms with Crippen LogP contribution in [0, 0.1) is 13.8 Å². The largest absolute Gasteiger partial charge is 0.456 e. The molecule has 1 spiro atoms. The van der Waals surface area contributed by atoms with Crippen molar-refractivity contribution >= 4 is 23.2 Å². The molecule has 1 saturated heterocycles. The number of carbonyl (C=O) groups excluding carboxylic acids is 2. The van der Waals surface area contributed by atoms with Gasteiger partial charge in [-0.2, -0.15) is 0 Å². The highest BCUT2D eigenvalue weighted by Crippen LogP contribution is 2.43. The summed E-state index contributed by atoms with van der Waals surface area (Å²) in [4.78, 5) is 31.4. The van der Waals surface area contributed by atoms with E-state index in [-0.39, 0.29) is 23.4 Å². The summed E-state index contributed by atoms with van der Waals surface area (Å²) in [6.45, 7) is 4.42. The highest BCUT2D eigenvalue weighted by molar-refractivity contribution is 7.09. The molecule has 6 nitrogen and oxygen atoms in total. The summed E-state index contributed by atoms with van der Waals surface area (Å²) in [6, 6.07) is 3.64. The lowest BCUT2D eigenvalue weighted by Crippen LogP contribution is -2.51. The van der Waals surface area contributed by atoms with Gasteiger partial charge < -0.3 is 14.6 Å². The van der Waals surface area contributed by atoms with Crippen LogP contribution in [0.4, 0.5) is 0 Å². The normalized spacial score (nSPS) is 25.3. The molecule has 27 heavy (non-hydrogen) atoms. The van der Waals surface area contributed by atoms with Crippen molar-refractivity contribution in [3.63, 3.8) is 0 Å². The quantitative estimate of drug-likeness (QED) is 0.870. The molecule has 144 valence electrons. The fourth-order valence-electron chi connectivity index (χ4n) is 4.41. The van der Waals surface area contributed by atoms with Gasteiger partial charge in [-0.1, -0.05) is 0 Å². The molecular weight excluding hydrogens is 362 g/mol. The van der Waals surface area contributed by atoms with Crippen molar-refractivity contribution in [2.45, 2.75) is 70.5 Å². The van der Waals surface area contributed by atoms with Crippen LogP contribution in [-0.4, -0.2) is 33.3 Å². The predicted octanol–water partition coefficient (Wildman–Crippen LogP) is 3.59. The number of nitrogens with one attached hydrogen (secondary N) is 1. The van der Waals surface area contributed by atoms with Gasteiger partial charge in [0.25, 0.3) is 5.91 Å². The highest BCUT2D eigenvalue weighted by atomic mass is 32.1. The summed E-state index contributed by atoms with van der Waals surface area (Å²) in [5.41, 5.74) is 0.910. The molecule has 2 amide bonds. The van der Waals surface area contributed by atoms with Crippen molar-refractivity contribution in [1.82, 2.24) is 15.2 Å². The fraction of sp³-hybridized carbons (Fsp3) is 0.550. The van der Waals surface area contributed by atoms with Crippen molar-refractivity contribution < 1.29 is 14.0 Å².